The van der Waals surface area contributed by atoms with Gasteiger partial charge >= 0.3 is 0 Å². The van der Waals surface area contributed by atoms with E-state index in [2.05, 4.69) is 34.1 Å². The molecule has 156 valence electrons. The van der Waals surface area contributed by atoms with Crippen molar-refractivity contribution in [2.75, 3.05) is 25.5 Å². The van der Waals surface area contributed by atoms with Gasteiger partial charge in [-0.05, 0) is 55.2 Å². The Morgan fingerprint density at radius 1 is 1.27 bits per heavy atom. The topological polar surface area (TPSA) is 99.2 Å². The van der Waals surface area contributed by atoms with E-state index in [-0.39, 0.29) is 5.91 Å². The number of pyridine rings is 1. The molecule has 3 rings (SSSR count). The number of hydrogen-bond acceptors (Lipinski definition) is 5. The Morgan fingerprint density at radius 2 is 2.00 bits per heavy atom. The molecule has 0 fully saturated rings. The fourth-order valence-electron chi connectivity index (χ4n) is 3.29. The van der Waals surface area contributed by atoms with E-state index in [0.29, 0.717) is 18.1 Å². The van der Waals surface area contributed by atoms with E-state index in [4.69, 9.17) is 5.73 Å². The summed E-state index contributed by atoms with van der Waals surface area (Å²) < 4.78 is 0. The van der Waals surface area contributed by atoms with Crippen LogP contribution in [-0.2, 0) is 0 Å². The molecule has 0 aliphatic carbocycles. The first-order chi connectivity index (χ1) is 14.4. The van der Waals surface area contributed by atoms with Crippen LogP contribution < -0.4 is 11.1 Å². The highest BCUT2D eigenvalue weighted by Gasteiger charge is 2.20. The second-order valence-corrected chi connectivity index (χ2v) is 7.24. The summed E-state index contributed by atoms with van der Waals surface area (Å²) in [4.78, 5) is 18.5. The maximum absolute atomic E-state index is 12.5. The van der Waals surface area contributed by atoms with Crippen molar-refractivity contribution in [2.24, 2.45) is 15.9 Å². The molecule has 1 amide bonds. The van der Waals surface area contributed by atoms with Crippen molar-refractivity contribution in [3.8, 4) is 0 Å². The van der Waals surface area contributed by atoms with Gasteiger partial charge in [0.15, 0.2) is 0 Å². The summed E-state index contributed by atoms with van der Waals surface area (Å²) in [6, 6.07) is 9.66. The maximum atomic E-state index is 12.5. The first-order valence-corrected chi connectivity index (χ1v) is 9.69. The minimum absolute atomic E-state index is 0.170. The number of hydrazone groups is 2. The van der Waals surface area contributed by atoms with E-state index >= 15 is 0 Å². The molecule has 0 unspecified atom stereocenters. The average molecular weight is 406 g/mol. The highest BCUT2D eigenvalue weighted by atomic mass is 16.1. The predicted octanol–water partition coefficient (Wildman–Crippen LogP) is 2.90. The van der Waals surface area contributed by atoms with E-state index in [1.54, 1.807) is 19.4 Å². The number of nitrogens with zero attached hydrogens (tertiary/aromatic N) is 5. The molecule has 3 N–H and O–H groups in total. The third-order valence-corrected chi connectivity index (χ3v) is 5.17. The van der Waals surface area contributed by atoms with Gasteiger partial charge in [0.1, 0.15) is 0 Å². The molecule has 2 aromatic rings. The van der Waals surface area contributed by atoms with E-state index in [1.165, 1.54) is 16.3 Å². The Hall–Kier alpha value is -3.68. The van der Waals surface area contributed by atoms with Crippen LogP contribution in [0.25, 0.3) is 5.57 Å². The van der Waals surface area contributed by atoms with Crippen LogP contribution in [0, 0.1) is 6.92 Å². The molecular weight excluding hydrogens is 378 g/mol. The van der Waals surface area contributed by atoms with Crippen LogP contribution in [0.1, 0.15) is 34.8 Å². The SMILES string of the molecule is C=NN(C)/N=C(\N)N1CCC(C)=C(c2ccc(NC(=O)c3cnccc3C)cc2)C1. The molecule has 0 radical (unpaired) electrons. The third-order valence-electron chi connectivity index (χ3n) is 5.17. The van der Waals surface area contributed by atoms with Gasteiger partial charge < -0.3 is 16.0 Å². The van der Waals surface area contributed by atoms with E-state index in [0.717, 1.165) is 29.8 Å². The first kappa shape index (κ1) is 21.0. The zero-order valence-electron chi connectivity index (χ0n) is 17.6. The van der Waals surface area contributed by atoms with E-state index in [9.17, 15) is 4.79 Å². The predicted molar refractivity (Wildman–Crippen MR) is 121 cm³/mol. The normalized spacial score (nSPS) is 14.5. The average Bonchev–Trinajstić information content (AvgIpc) is 2.74. The smallest absolute Gasteiger partial charge is 0.257 e. The standard InChI is InChI=1S/C22H27N7O/c1-15-9-11-25-13-19(15)21(30)26-18-7-5-17(6-8-18)20-14-29(12-10-16(20)2)22(23)27-28(4)24-3/h5-9,11,13H,3,10,12,14H2,1-2,4H3,(H2,23,27)(H,26,30). The van der Waals surface area contributed by atoms with E-state index < -0.39 is 0 Å². The van der Waals surface area contributed by atoms with Gasteiger partial charge in [-0.3, -0.25) is 9.78 Å². The molecule has 1 aliphatic heterocycles. The zero-order chi connectivity index (χ0) is 21.7. The Bertz CT molecular complexity index is 995. The van der Waals surface area contributed by atoms with Crippen molar-refractivity contribution in [2.45, 2.75) is 20.3 Å². The van der Waals surface area contributed by atoms with Crippen LogP contribution in [0.15, 0.2) is 58.5 Å². The number of anilines is 1. The van der Waals surface area contributed by atoms with Crippen molar-refractivity contribution in [1.82, 2.24) is 15.0 Å². The zero-order valence-corrected chi connectivity index (χ0v) is 17.6. The summed E-state index contributed by atoms with van der Waals surface area (Å²) in [7, 11) is 1.69. The number of hydrogen-bond donors (Lipinski definition) is 2. The Morgan fingerprint density at radius 3 is 2.67 bits per heavy atom. The van der Waals surface area contributed by atoms with Gasteiger partial charge in [-0.2, -0.15) is 10.2 Å². The fraction of sp³-hybridized carbons (Fsp3) is 0.273. The number of guanidine groups is 1. The van der Waals surface area contributed by atoms with Crippen molar-refractivity contribution in [1.29, 1.82) is 0 Å². The van der Waals surface area contributed by atoms with Gasteiger partial charge in [0.05, 0.1) is 5.56 Å². The molecule has 1 aromatic heterocycles. The molecule has 0 saturated carbocycles. The first-order valence-electron chi connectivity index (χ1n) is 9.69. The summed E-state index contributed by atoms with van der Waals surface area (Å²) in [6.07, 6.45) is 4.15. The lowest BCUT2D eigenvalue weighted by molar-refractivity contribution is 0.102. The maximum Gasteiger partial charge on any atom is 0.257 e. The second-order valence-electron chi connectivity index (χ2n) is 7.24. The number of carbonyl (C=O) groups excluding carboxylic acids is 1. The Balaban J connectivity index is 1.73. The number of rotatable bonds is 5. The number of carbonyl (C=O) groups is 1. The van der Waals surface area contributed by atoms with Gasteiger partial charge in [-0.15, -0.1) is 5.10 Å². The van der Waals surface area contributed by atoms with Gasteiger partial charge in [-0.25, -0.2) is 0 Å². The van der Waals surface area contributed by atoms with Crippen molar-refractivity contribution >= 4 is 29.8 Å². The quantitative estimate of drug-likeness (QED) is 0.453. The molecule has 8 nitrogen and oxygen atoms in total. The summed E-state index contributed by atoms with van der Waals surface area (Å²) in [5.74, 6) is 0.238. The lowest BCUT2D eigenvalue weighted by Crippen LogP contribution is -2.42. The molecular formula is C22H27N7O. The number of aryl methyl sites for hydroxylation is 1. The van der Waals surface area contributed by atoms with Crippen molar-refractivity contribution < 1.29 is 4.79 Å². The Labute approximate surface area is 176 Å². The highest BCUT2D eigenvalue weighted by molar-refractivity contribution is 6.05. The molecule has 2 heterocycles. The number of benzene rings is 1. The molecule has 1 aliphatic rings. The fourth-order valence-corrected chi connectivity index (χ4v) is 3.29. The van der Waals surface area contributed by atoms with E-state index in [1.807, 2.05) is 42.2 Å². The van der Waals surface area contributed by atoms with Crippen LogP contribution in [0.2, 0.25) is 0 Å². The van der Waals surface area contributed by atoms with Crippen LogP contribution in [-0.4, -0.2) is 53.7 Å². The van der Waals surface area contributed by atoms with Crippen molar-refractivity contribution in [3.05, 3.63) is 65.0 Å². The van der Waals surface area contributed by atoms with Crippen LogP contribution in [0.3, 0.4) is 0 Å². The van der Waals surface area contributed by atoms with Gasteiger partial charge in [0.25, 0.3) is 5.91 Å². The molecule has 0 bridgehead atoms. The highest BCUT2D eigenvalue weighted by Crippen LogP contribution is 2.27. The number of nitrogens with two attached hydrogens (primary N) is 1. The lowest BCUT2D eigenvalue weighted by Gasteiger charge is -2.31. The minimum Gasteiger partial charge on any atom is -0.368 e. The van der Waals surface area contributed by atoms with Crippen LogP contribution in [0.4, 0.5) is 5.69 Å². The minimum atomic E-state index is -0.170. The summed E-state index contributed by atoms with van der Waals surface area (Å²) in [5.41, 5.74) is 11.9. The summed E-state index contributed by atoms with van der Waals surface area (Å²) in [6.45, 7) is 8.93. The van der Waals surface area contributed by atoms with Gasteiger partial charge in [0.2, 0.25) is 5.96 Å². The van der Waals surface area contributed by atoms with Gasteiger partial charge in [0, 0.05) is 44.9 Å². The largest absolute Gasteiger partial charge is 0.368 e. The molecule has 30 heavy (non-hydrogen) atoms. The second kappa shape index (κ2) is 9.21. The lowest BCUT2D eigenvalue weighted by atomic mass is 9.95. The molecule has 0 saturated heterocycles. The molecule has 1 aromatic carbocycles. The monoisotopic (exact) mass is 405 g/mol. The molecule has 8 heteroatoms. The number of nitrogens with one attached hydrogen (secondary N) is 1. The summed E-state index contributed by atoms with van der Waals surface area (Å²) >= 11 is 0. The number of amides is 1. The third kappa shape index (κ3) is 4.83. The molecule has 0 atom stereocenters. The summed E-state index contributed by atoms with van der Waals surface area (Å²) in [5, 5.41) is 12.2. The Kier molecular flexibility index (Phi) is 6.46. The van der Waals surface area contributed by atoms with Crippen LogP contribution >= 0.6 is 0 Å². The van der Waals surface area contributed by atoms with Crippen LogP contribution in [0.5, 0.6) is 0 Å². The molecule has 0 spiro atoms. The van der Waals surface area contributed by atoms with Gasteiger partial charge in [-0.1, -0.05) is 17.7 Å². The number of aromatic nitrogens is 1. The van der Waals surface area contributed by atoms with Crippen molar-refractivity contribution in [3.63, 3.8) is 0 Å².